The second kappa shape index (κ2) is 16.3. The Morgan fingerprint density at radius 1 is 0.673 bits per heavy atom. The Balaban J connectivity index is 1.41. The summed E-state index contributed by atoms with van der Waals surface area (Å²) in [6, 6.07) is 25.7. The van der Waals surface area contributed by atoms with E-state index in [4.69, 9.17) is 14.3 Å². The molecule has 1 aliphatic carbocycles. The van der Waals surface area contributed by atoms with Crippen LogP contribution in [0.3, 0.4) is 0 Å². The van der Waals surface area contributed by atoms with Gasteiger partial charge in [0, 0.05) is 48.9 Å². The van der Waals surface area contributed by atoms with Gasteiger partial charge in [-0.2, -0.15) is 0 Å². The average Bonchev–Trinajstić information content (AvgIpc) is 3.59. The summed E-state index contributed by atoms with van der Waals surface area (Å²) >= 11 is 0. The summed E-state index contributed by atoms with van der Waals surface area (Å²) in [6.45, 7) is 6.73. The Morgan fingerprint density at radius 3 is 1.65 bits per heavy atom. The smallest absolute Gasteiger partial charge is 0.365 e. The van der Waals surface area contributed by atoms with Crippen molar-refractivity contribution < 1.29 is 34.1 Å². The van der Waals surface area contributed by atoms with Gasteiger partial charge < -0.3 is 29.8 Å². The molecule has 0 saturated carbocycles. The monoisotopic (exact) mass is 740 g/mol. The highest BCUT2D eigenvalue weighted by Crippen LogP contribution is 2.39. The Hall–Kier alpha value is -6.36. The number of aromatic nitrogens is 3. The summed E-state index contributed by atoms with van der Waals surface area (Å²) < 4.78 is 12.8. The summed E-state index contributed by atoms with van der Waals surface area (Å²) in [5, 5.41) is 35.0. The molecule has 282 valence electrons. The van der Waals surface area contributed by atoms with E-state index in [9.17, 15) is 19.8 Å². The maximum Gasteiger partial charge on any atom is 0.365 e. The number of rotatable bonds is 10. The van der Waals surface area contributed by atoms with E-state index in [1.54, 1.807) is 31.2 Å². The van der Waals surface area contributed by atoms with Crippen LogP contribution in [0.25, 0.3) is 11.0 Å². The van der Waals surface area contributed by atoms with Gasteiger partial charge in [-0.15, -0.1) is 5.10 Å². The molecule has 0 fully saturated rings. The summed E-state index contributed by atoms with van der Waals surface area (Å²) in [5.41, 5.74) is 7.40. The highest BCUT2D eigenvalue weighted by Gasteiger charge is 2.24. The summed E-state index contributed by atoms with van der Waals surface area (Å²) in [5.74, 6) is 0.637. The number of amides is 1. The highest BCUT2D eigenvalue weighted by atomic mass is 16.7. The van der Waals surface area contributed by atoms with E-state index < -0.39 is 5.97 Å². The van der Waals surface area contributed by atoms with E-state index in [0.717, 1.165) is 39.9 Å². The van der Waals surface area contributed by atoms with Gasteiger partial charge in [0.05, 0.1) is 18.8 Å². The summed E-state index contributed by atoms with van der Waals surface area (Å²) in [4.78, 5) is 33.3. The van der Waals surface area contributed by atoms with Gasteiger partial charge in [-0.25, -0.2) is 4.79 Å². The molecule has 1 heterocycles. The normalized spacial score (nSPS) is 12.3. The predicted molar refractivity (Wildman–Crippen MR) is 209 cm³/mol. The predicted octanol–water partition coefficient (Wildman–Crippen LogP) is 7.71. The van der Waals surface area contributed by atoms with Crippen LogP contribution < -0.4 is 19.6 Å². The minimum absolute atomic E-state index is 0.0488. The minimum atomic E-state index is -0.667. The molecule has 11 nitrogen and oxygen atoms in total. The van der Waals surface area contributed by atoms with E-state index >= 15 is 0 Å². The van der Waals surface area contributed by atoms with Gasteiger partial charge in [-0.1, -0.05) is 74.1 Å². The third-order valence-corrected chi connectivity index (χ3v) is 9.65. The van der Waals surface area contributed by atoms with Crippen LogP contribution >= 0.6 is 0 Å². The molecule has 1 aliphatic rings. The molecule has 3 N–H and O–H groups in total. The zero-order valence-electron chi connectivity index (χ0n) is 31.2. The number of phenolic OH excluding ortho intramolecular Hbond substituents is 2. The van der Waals surface area contributed by atoms with Gasteiger partial charge in [-0.3, -0.25) is 4.79 Å². The SMILES string of the molecule is CCCOc1c2cccc1Cc1cc(C(=O)On3nnc4ccccc43)cc(c1O)Cc1cccc(c1OCCC)Cc1cc(NC(=O)CC)cc(c1O)C2. The number of nitrogens with one attached hydrogen (secondary N) is 1. The van der Waals surface area contributed by atoms with Crippen molar-refractivity contribution in [2.24, 2.45) is 0 Å². The molecule has 5 aromatic carbocycles. The summed E-state index contributed by atoms with van der Waals surface area (Å²) in [7, 11) is 0. The Morgan fingerprint density at radius 2 is 1.16 bits per heavy atom. The largest absolute Gasteiger partial charge is 0.507 e. The number of benzene rings is 5. The molecule has 0 spiro atoms. The number of anilines is 1. The van der Waals surface area contributed by atoms with Crippen LogP contribution in [-0.4, -0.2) is 50.5 Å². The molecule has 1 amide bonds. The first-order valence-corrected chi connectivity index (χ1v) is 18.8. The standard InChI is InChI=1S/C44H44N4O7/c1-4-17-53-42-27-11-9-13-29(42)21-33-25-36(45-39(49)6-3)26-34(41(33)51)22-30-14-10-12-28(43(30)54-18-5-2)20-32-24-35(23-31(19-27)40(32)50)44(52)55-48-38-16-8-7-15-37(38)46-47-48/h7-16,23-26,50-51H,4-6,17-22H2,1-3H3,(H,45,49). The van der Waals surface area contributed by atoms with Crippen molar-refractivity contribution in [3.63, 3.8) is 0 Å². The minimum Gasteiger partial charge on any atom is -0.507 e. The Bertz CT molecular complexity index is 2280. The van der Waals surface area contributed by atoms with E-state index in [1.165, 1.54) is 0 Å². The second-order valence-corrected chi connectivity index (χ2v) is 13.7. The first-order valence-electron chi connectivity index (χ1n) is 18.8. The number of hydrogen-bond acceptors (Lipinski definition) is 9. The van der Waals surface area contributed by atoms with Crippen molar-refractivity contribution in [3.05, 3.63) is 135 Å². The van der Waals surface area contributed by atoms with Crippen LogP contribution in [0.15, 0.2) is 84.9 Å². The van der Waals surface area contributed by atoms with E-state index in [0.29, 0.717) is 82.9 Å². The number of carbonyl (C=O) groups is 2. The molecular formula is C44H44N4O7. The second-order valence-electron chi connectivity index (χ2n) is 13.7. The highest BCUT2D eigenvalue weighted by molar-refractivity contribution is 5.92. The van der Waals surface area contributed by atoms with E-state index in [2.05, 4.69) is 15.6 Å². The topological polar surface area (TPSA) is 145 Å². The Labute approximate surface area is 319 Å². The fraction of sp³-hybridized carbons (Fsp3) is 0.273. The number of fused-ring (bicyclic) bond motifs is 9. The van der Waals surface area contributed by atoms with Crippen LogP contribution in [0.5, 0.6) is 23.0 Å². The number of carbonyl (C=O) groups excluding carboxylic acids is 2. The molecule has 11 heteroatoms. The van der Waals surface area contributed by atoms with Gasteiger partial charge in [0.15, 0.2) is 0 Å². The number of ether oxygens (including phenoxy) is 2. The molecule has 0 aliphatic heterocycles. The van der Waals surface area contributed by atoms with Crippen molar-refractivity contribution in [2.45, 2.75) is 65.7 Å². The lowest BCUT2D eigenvalue weighted by molar-refractivity contribution is -0.115. The van der Waals surface area contributed by atoms with E-state index in [1.807, 2.05) is 74.5 Å². The molecule has 8 bridgehead atoms. The van der Waals surface area contributed by atoms with Gasteiger partial charge in [-0.05, 0) is 87.8 Å². The number of phenols is 2. The van der Waals surface area contributed by atoms with Crippen LogP contribution in [0.2, 0.25) is 0 Å². The van der Waals surface area contributed by atoms with Gasteiger partial charge >= 0.3 is 5.97 Å². The molecule has 6 aromatic rings. The Kier molecular flexibility index (Phi) is 11.0. The van der Waals surface area contributed by atoms with Gasteiger partial charge in [0.2, 0.25) is 5.91 Å². The van der Waals surface area contributed by atoms with Crippen molar-refractivity contribution in [3.8, 4) is 23.0 Å². The van der Waals surface area contributed by atoms with Crippen molar-refractivity contribution in [1.29, 1.82) is 0 Å². The molecule has 0 saturated heterocycles. The number of hydrogen-bond donors (Lipinski definition) is 3. The van der Waals surface area contributed by atoms with Crippen molar-refractivity contribution in [2.75, 3.05) is 18.5 Å². The average molecular weight is 741 g/mol. The third-order valence-electron chi connectivity index (χ3n) is 9.65. The van der Waals surface area contributed by atoms with Gasteiger partial charge in [0.25, 0.3) is 0 Å². The molecular weight excluding hydrogens is 697 g/mol. The zero-order chi connectivity index (χ0) is 38.5. The maximum atomic E-state index is 13.9. The molecule has 0 atom stereocenters. The fourth-order valence-electron chi connectivity index (χ4n) is 6.98. The zero-order valence-corrected chi connectivity index (χ0v) is 31.2. The van der Waals surface area contributed by atoms with Crippen molar-refractivity contribution in [1.82, 2.24) is 15.2 Å². The molecule has 0 radical (unpaired) electrons. The van der Waals surface area contributed by atoms with Crippen molar-refractivity contribution >= 4 is 28.6 Å². The number of aromatic hydroxyl groups is 2. The lowest BCUT2D eigenvalue weighted by Crippen LogP contribution is -2.21. The molecule has 1 aromatic heterocycles. The van der Waals surface area contributed by atoms with Crippen LogP contribution in [-0.2, 0) is 30.5 Å². The lowest BCUT2D eigenvalue weighted by Gasteiger charge is -2.21. The van der Waals surface area contributed by atoms with Crippen LogP contribution in [0, 0.1) is 0 Å². The first-order chi connectivity index (χ1) is 26.8. The fourth-order valence-corrected chi connectivity index (χ4v) is 6.98. The van der Waals surface area contributed by atoms with E-state index in [-0.39, 0.29) is 35.8 Å². The third kappa shape index (κ3) is 7.96. The number of nitrogens with zero attached hydrogens (tertiary/aromatic N) is 3. The summed E-state index contributed by atoms with van der Waals surface area (Å²) in [6.07, 6.45) is 2.88. The quantitative estimate of drug-likeness (QED) is 0.0949. The molecule has 7 rings (SSSR count). The van der Waals surface area contributed by atoms with Crippen LogP contribution in [0.1, 0.15) is 94.9 Å². The molecule has 0 unspecified atom stereocenters. The van der Waals surface area contributed by atoms with Gasteiger partial charge in [0.1, 0.15) is 34.0 Å². The lowest BCUT2D eigenvalue weighted by atomic mass is 9.90. The number of para-hydroxylation sites is 3. The maximum absolute atomic E-state index is 13.9. The molecule has 55 heavy (non-hydrogen) atoms. The van der Waals surface area contributed by atoms with Crippen LogP contribution in [0.4, 0.5) is 5.69 Å². The first kappa shape index (κ1) is 37.0.